The maximum absolute atomic E-state index is 10.5. The van der Waals surface area contributed by atoms with Gasteiger partial charge in [-0.15, -0.1) is 0 Å². The van der Waals surface area contributed by atoms with Crippen molar-refractivity contribution in [2.75, 3.05) is 13.1 Å². The first-order valence-corrected chi connectivity index (χ1v) is 6.09. The lowest BCUT2D eigenvalue weighted by molar-refractivity contribution is -0.00432. The van der Waals surface area contributed by atoms with Crippen LogP contribution in [-0.2, 0) is 6.54 Å². The van der Waals surface area contributed by atoms with Gasteiger partial charge in [0.25, 0.3) is 0 Å². The van der Waals surface area contributed by atoms with Gasteiger partial charge in [-0.3, -0.25) is 4.98 Å². The van der Waals surface area contributed by atoms with Crippen molar-refractivity contribution in [3.8, 4) is 0 Å². The maximum atomic E-state index is 10.5. The number of aromatic nitrogens is 2. The first-order chi connectivity index (χ1) is 8.27. The van der Waals surface area contributed by atoms with E-state index >= 15 is 0 Å². The van der Waals surface area contributed by atoms with Crippen molar-refractivity contribution in [3.05, 3.63) is 30.7 Å². The number of piperidine rings is 1. The van der Waals surface area contributed by atoms with Crippen molar-refractivity contribution >= 4 is 10.9 Å². The summed E-state index contributed by atoms with van der Waals surface area (Å²) in [5.74, 6) is 0. The Bertz CT molecular complexity index is 514. The molecule has 0 saturated carbocycles. The topological polar surface area (TPSA) is 50.1 Å². The molecule has 0 radical (unpaired) electrons. The Balaban J connectivity index is 1.89. The van der Waals surface area contributed by atoms with Crippen LogP contribution in [0, 0.1) is 0 Å². The minimum absolute atomic E-state index is 0.576. The van der Waals surface area contributed by atoms with Crippen molar-refractivity contribution < 1.29 is 5.11 Å². The highest BCUT2D eigenvalue weighted by atomic mass is 16.3. The summed E-state index contributed by atoms with van der Waals surface area (Å²) in [5.41, 5.74) is 0.520. The number of pyridine rings is 1. The van der Waals surface area contributed by atoms with Crippen molar-refractivity contribution in [1.29, 1.82) is 0 Å². The smallest absolute Gasteiger partial charge is 0.0850 e. The summed E-state index contributed by atoms with van der Waals surface area (Å²) < 4.78 is 2.10. The van der Waals surface area contributed by atoms with E-state index < -0.39 is 5.60 Å². The zero-order chi connectivity index (χ0) is 11.7. The Morgan fingerprint density at radius 3 is 3.00 bits per heavy atom. The first kappa shape index (κ1) is 10.7. The molecule has 2 N–H and O–H groups in total. The van der Waals surface area contributed by atoms with Gasteiger partial charge in [-0.1, -0.05) is 0 Å². The van der Waals surface area contributed by atoms with Gasteiger partial charge in [0.15, 0.2) is 0 Å². The van der Waals surface area contributed by atoms with Crippen LogP contribution in [0.2, 0.25) is 0 Å². The second kappa shape index (κ2) is 4.13. The zero-order valence-corrected chi connectivity index (χ0v) is 9.76. The molecule has 3 rings (SSSR count). The second-order valence-electron chi connectivity index (χ2n) is 4.85. The molecule has 1 aliphatic heterocycles. The highest BCUT2D eigenvalue weighted by molar-refractivity contribution is 5.78. The summed E-state index contributed by atoms with van der Waals surface area (Å²) in [6.45, 7) is 2.45. The number of aliphatic hydroxyl groups is 1. The molecule has 0 bridgehead atoms. The summed E-state index contributed by atoms with van der Waals surface area (Å²) in [6.07, 6.45) is 7.32. The summed E-state index contributed by atoms with van der Waals surface area (Å²) >= 11 is 0. The molecule has 2 aromatic rings. The molecule has 0 atom stereocenters. The molecular formula is C13H17N3O. The maximum Gasteiger partial charge on any atom is 0.0850 e. The number of fused-ring (bicyclic) bond motifs is 1. The molecule has 2 aromatic heterocycles. The summed E-state index contributed by atoms with van der Waals surface area (Å²) in [4.78, 5) is 4.15. The Hall–Kier alpha value is -1.39. The van der Waals surface area contributed by atoms with Crippen molar-refractivity contribution in [2.45, 2.75) is 25.0 Å². The van der Waals surface area contributed by atoms with Crippen LogP contribution >= 0.6 is 0 Å². The van der Waals surface area contributed by atoms with Gasteiger partial charge in [0, 0.05) is 17.8 Å². The van der Waals surface area contributed by atoms with Crippen LogP contribution in [0.25, 0.3) is 10.9 Å². The molecule has 0 amide bonds. The van der Waals surface area contributed by atoms with Crippen LogP contribution in [0.1, 0.15) is 12.8 Å². The fraction of sp³-hybridized carbons (Fsp3) is 0.462. The Morgan fingerprint density at radius 2 is 2.18 bits per heavy atom. The van der Waals surface area contributed by atoms with Crippen molar-refractivity contribution in [1.82, 2.24) is 14.9 Å². The minimum Gasteiger partial charge on any atom is -0.388 e. The van der Waals surface area contributed by atoms with Crippen LogP contribution in [0.4, 0.5) is 0 Å². The van der Waals surface area contributed by atoms with E-state index in [1.165, 1.54) is 5.39 Å². The standard InChI is InChI=1S/C13H17N3O/c17-13(3-6-14-7-4-13)10-16-8-2-11-1-5-15-9-12(11)16/h1-2,5,8-9,14,17H,3-4,6-7,10H2. The highest BCUT2D eigenvalue weighted by Crippen LogP contribution is 2.23. The van der Waals surface area contributed by atoms with E-state index in [0.717, 1.165) is 31.4 Å². The van der Waals surface area contributed by atoms with Crippen LogP contribution in [0.15, 0.2) is 30.7 Å². The molecule has 1 saturated heterocycles. The molecule has 0 unspecified atom stereocenters. The normalized spacial score (nSPS) is 19.6. The van der Waals surface area contributed by atoms with Crippen LogP contribution < -0.4 is 5.32 Å². The van der Waals surface area contributed by atoms with Crippen molar-refractivity contribution in [3.63, 3.8) is 0 Å². The predicted octanol–water partition coefficient (Wildman–Crippen LogP) is 1.15. The monoisotopic (exact) mass is 231 g/mol. The lowest BCUT2D eigenvalue weighted by Crippen LogP contribution is -2.44. The van der Waals surface area contributed by atoms with E-state index in [9.17, 15) is 5.11 Å². The SMILES string of the molecule is OC1(Cn2ccc3ccncc32)CCNCC1. The van der Waals surface area contributed by atoms with E-state index in [1.54, 1.807) is 6.20 Å². The lowest BCUT2D eigenvalue weighted by atomic mass is 9.92. The molecule has 1 fully saturated rings. The Kier molecular flexibility index (Phi) is 2.61. The zero-order valence-electron chi connectivity index (χ0n) is 9.76. The van der Waals surface area contributed by atoms with Gasteiger partial charge in [0.2, 0.25) is 0 Å². The molecular weight excluding hydrogens is 214 g/mol. The predicted molar refractivity (Wildman–Crippen MR) is 66.8 cm³/mol. The second-order valence-corrected chi connectivity index (χ2v) is 4.85. The number of hydrogen-bond acceptors (Lipinski definition) is 3. The lowest BCUT2D eigenvalue weighted by Gasteiger charge is -2.33. The largest absolute Gasteiger partial charge is 0.388 e. The molecule has 90 valence electrons. The minimum atomic E-state index is -0.576. The highest BCUT2D eigenvalue weighted by Gasteiger charge is 2.29. The van der Waals surface area contributed by atoms with E-state index in [0.29, 0.717) is 6.54 Å². The Morgan fingerprint density at radius 1 is 1.35 bits per heavy atom. The van der Waals surface area contributed by atoms with Gasteiger partial charge in [0.05, 0.1) is 23.9 Å². The molecule has 4 nitrogen and oxygen atoms in total. The fourth-order valence-electron chi connectivity index (χ4n) is 2.53. The average Bonchev–Trinajstić information content (AvgIpc) is 2.73. The number of hydrogen-bond donors (Lipinski definition) is 2. The molecule has 0 spiro atoms. The first-order valence-electron chi connectivity index (χ1n) is 6.09. The molecule has 17 heavy (non-hydrogen) atoms. The quantitative estimate of drug-likeness (QED) is 0.815. The third-order valence-corrected chi connectivity index (χ3v) is 3.58. The van der Waals surface area contributed by atoms with Gasteiger partial charge in [0.1, 0.15) is 0 Å². The third-order valence-electron chi connectivity index (χ3n) is 3.58. The third kappa shape index (κ3) is 2.06. The molecule has 3 heterocycles. The average molecular weight is 231 g/mol. The molecule has 4 heteroatoms. The Labute approximate surface area is 100 Å². The van der Waals surface area contributed by atoms with E-state index in [2.05, 4.69) is 20.9 Å². The van der Waals surface area contributed by atoms with Gasteiger partial charge in [-0.2, -0.15) is 0 Å². The van der Waals surface area contributed by atoms with Crippen molar-refractivity contribution in [2.24, 2.45) is 0 Å². The summed E-state index contributed by atoms with van der Waals surface area (Å²) in [5, 5.41) is 15.0. The van der Waals surface area contributed by atoms with Crippen LogP contribution in [-0.4, -0.2) is 33.3 Å². The van der Waals surface area contributed by atoms with Gasteiger partial charge in [-0.25, -0.2) is 0 Å². The fourth-order valence-corrected chi connectivity index (χ4v) is 2.53. The molecule has 0 aliphatic carbocycles. The van der Waals surface area contributed by atoms with E-state index in [1.807, 2.05) is 18.5 Å². The number of nitrogens with one attached hydrogen (secondary N) is 1. The molecule has 0 aromatic carbocycles. The van der Waals surface area contributed by atoms with E-state index in [4.69, 9.17) is 0 Å². The van der Waals surface area contributed by atoms with Gasteiger partial charge >= 0.3 is 0 Å². The number of rotatable bonds is 2. The van der Waals surface area contributed by atoms with Crippen LogP contribution in [0.3, 0.4) is 0 Å². The van der Waals surface area contributed by atoms with Crippen LogP contribution in [0.5, 0.6) is 0 Å². The summed E-state index contributed by atoms with van der Waals surface area (Å²) in [6, 6.07) is 4.07. The van der Waals surface area contributed by atoms with Gasteiger partial charge < -0.3 is 15.0 Å². The summed E-state index contributed by atoms with van der Waals surface area (Å²) in [7, 11) is 0. The van der Waals surface area contributed by atoms with Gasteiger partial charge in [-0.05, 0) is 38.1 Å². The molecule has 1 aliphatic rings. The van der Waals surface area contributed by atoms with E-state index in [-0.39, 0.29) is 0 Å². The number of nitrogens with zero attached hydrogens (tertiary/aromatic N) is 2.